The van der Waals surface area contributed by atoms with Gasteiger partial charge in [0.05, 0.1) is 10.6 Å². The molecule has 1 atom stereocenters. The molecule has 148 valence electrons. The third kappa shape index (κ3) is 3.85. The topological polar surface area (TPSA) is 149 Å². The third-order valence-corrected chi connectivity index (χ3v) is 6.74. The average Bonchev–Trinajstić information content (AvgIpc) is 2.98. The summed E-state index contributed by atoms with van der Waals surface area (Å²) in [6.07, 6.45) is 1.12. The molecule has 3 amide bonds. The van der Waals surface area contributed by atoms with Crippen LogP contribution in [0.5, 0.6) is 0 Å². The van der Waals surface area contributed by atoms with Crippen LogP contribution in [0.1, 0.15) is 41.6 Å². The van der Waals surface area contributed by atoms with Crippen molar-refractivity contribution in [3.63, 3.8) is 0 Å². The third-order valence-electron chi connectivity index (χ3n) is 4.86. The van der Waals surface area contributed by atoms with E-state index in [-0.39, 0.29) is 48.1 Å². The summed E-state index contributed by atoms with van der Waals surface area (Å²) in [7, 11) is -3.64. The number of amides is 3. The highest BCUT2D eigenvalue weighted by Crippen LogP contribution is 2.32. The van der Waals surface area contributed by atoms with Crippen molar-refractivity contribution in [3.05, 3.63) is 39.8 Å². The summed E-state index contributed by atoms with van der Waals surface area (Å²) in [6, 6.07) is 3.72. The number of piperidine rings is 1. The molecular formula is C17H19N5O5S. The Morgan fingerprint density at radius 3 is 2.75 bits per heavy atom. The van der Waals surface area contributed by atoms with Crippen molar-refractivity contribution in [2.75, 3.05) is 12.3 Å². The van der Waals surface area contributed by atoms with Gasteiger partial charge < -0.3 is 4.90 Å². The van der Waals surface area contributed by atoms with E-state index in [1.807, 2.05) is 0 Å². The summed E-state index contributed by atoms with van der Waals surface area (Å²) >= 11 is 0. The first-order valence-corrected chi connectivity index (χ1v) is 10.5. The minimum Gasteiger partial charge on any atom is -0.322 e. The van der Waals surface area contributed by atoms with Crippen LogP contribution in [-0.4, -0.2) is 49.4 Å². The second-order valence-corrected chi connectivity index (χ2v) is 8.74. The van der Waals surface area contributed by atoms with Gasteiger partial charge in [-0.1, -0.05) is 11.2 Å². The number of carbonyl (C=O) groups excluding carboxylic acids is 3. The number of carbonyl (C=O) groups is 3. The van der Waals surface area contributed by atoms with E-state index >= 15 is 0 Å². The SMILES string of the molecule is [N-]=[N+]=NCCCCS(=O)(=O)c1cccc2c1CN(C1CCC(=O)NC1=O)C2=O. The molecule has 3 rings (SSSR count). The predicted octanol–water partition coefficient (Wildman–Crippen LogP) is 1.31. The normalized spacial score (nSPS) is 19.2. The van der Waals surface area contributed by atoms with E-state index in [1.165, 1.54) is 17.0 Å². The summed E-state index contributed by atoms with van der Waals surface area (Å²) in [6.45, 7) is 0.231. The molecule has 11 heteroatoms. The lowest BCUT2D eigenvalue weighted by atomic mass is 10.0. The first-order valence-electron chi connectivity index (χ1n) is 8.85. The van der Waals surface area contributed by atoms with Gasteiger partial charge in [0, 0.05) is 35.5 Å². The minimum absolute atomic E-state index is 0.00850. The minimum atomic E-state index is -3.64. The molecule has 0 bridgehead atoms. The molecule has 0 aliphatic carbocycles. The lowest BCUT2D eigenvalue weighted by molar-refractivity contribution is -0.136. The molecule has 10 nitrogen and oxygen atoms in total. The van der Waals surface area contributed by atoms with Crippen LogP contribution in [-0.2, 0) is 26.0 Å². The fourth-order valence-corrected chi connectivity index (χ4v) is 5.12. The van der Waals surface area contributed by atoms with Crippen LogP contribution in [0.2, 0.25) is 0 Å². The van der Waals surface area contributed by atoms with E-state index in [4.69, 9.17) is 5.53 Å². The Bertz CT molecular complexity index is 984. The lowest BCUT2D eigenvalue weighted by Gasteiger charge is -2.29. The van der Waals surface area contributed by atoms with Crippen LogP contribution in [0.4, 0.5) is 0 Å². The van der Waals surface area contributed by atoms with E-state index in [1.54, 1.807) is 6.07 Å². The van der Waals surface area contributed by atoms with Gasteiger partial charge in [-0.3, -0.25) is 19.7 Å². The maximum Gasteiger partial charge on any atom is 0.255 e. The molecule has 0 aromatic heterocycles. The monoisotopic (exact) mass is 405 g/mol. The zero-order valence-electron chi connectivity index (χ0n) is 15.0. The molecule has 2 aliphatic heterocycles. The molecule has 1 unspecified atom stereocenters. The summed E-state index contributed by atoms with van der Waals surface area (Å²) in [4.78, 5) is 40.3. The van der Waals surface area contributed by atoms with Crippen molar-refractivity contribution >= 4 is 27.6 Å². The van der Waals surface area contributed by atoms with Crippen LogP contribution in [0, 0.1) is 0 Å². The van der Waals surface area contributed by atoms with Gasteiger partial charge >= 0.3 is 0 Å². The maximum atomic E-state index is 12.8. The number of nitrogens with one attached hydrogen (secondary N) is 1. The summed E-state index contributed by atoms with van der Waals surface area (Å²) < 4.78 is 25.5. The standard InChI is InChI=1S/C17H19N5O5S/c18-21-19-8-1-2-9-28(26,27)14-5-3-4-11-12(14)10-22(17(11)25)13-6-7-15(23)20-16(13)24/h3-5,13H,1-2,6-10H2,(H,20,23,24). The van der Waals surface area contributed by atoms with Crippen molar-refractivity contribution in [2.24, 2.45) is 5.11 Å². The fraction of sp³-hybridized carbons (Fsp3) is 0.471. The van der Waals surface area contributed by atoms with E-state index in [9.17, 15) is 22.8 Å². The van der Waals surface area contributed by atoms with Crippen molar-refractivity contribution < 1.29 is 22.8 Å². The predicted molar refractivity (Wildman–Crippen MR) is 97.8 cm³/mol. The zero-order valence-corrected chi connectivity index (χ0v) is 15.8. The smallest absolute Gasteiger partial charge is 0.255 e. The Morgan fingerprint density at radius 2 is 2.04 bits per heavy atom. The molecule has 1 aromatic carbocycles. The van der Waals surface area contributed by atoms with Crippen molar-refractivity contribution in [1.82, 2.24) is 10.2 Å². The molecule has 1 aromatic rings. The molecule has 1 saturated heterocycles. The van der Waals surface area contributed by atoms with Gasteiger partial charge in [-0.15, -0.1) is 0 Å². The Morgan fingerprint density at radius 1 is 1.25 bits per heavy atom. The quantitative estimate of drug-likeness (QED) is 0.239. The number of hydrogen-bond donors (Lipinski definition) is 1. The van der Waals surface area contributed by atoms with Gasteiger partial charge in [0.2, 0.25) is 11.8 Å². The van der Waals surface area contributed by atoms with E-state index in [2.05, 4.69) is 15.3 Å². The number of unbranched alkanes of at least 4 members (excludes halogenated alkanes) is 1. The Kier molecular flexibility index (Phi) is 5.66. The molecule has 0 radical (unpaired) electrons. The Labute approximate surface area is 161 Å². The van der Waals surface area contributed by atoms with Crippen LogP contribution in [0.25, 0.3) is 10.4 Å². The number of benzene rings is 1. The van der Waals surface area contributed by atoms with Crippen molar-refractivity contribution in [3.8, 4) is 0 Å². The number of rotatable bonds is 7. The molecule has 1 fully saturated rings. The zero-order chi connectivity index (χ0) is 20.3. The highest BCUT2D eigenvalue weighted by atomic mass is 32.2. The van der Waals surface area contributed by atoms with Gasteiger partial charge in [0.1, 0.15) is 6.04 Å². The molecule has 2 aliphatic rings. The first kappa shape index (κ1) is 19.8. The summed E-state index contributed by atoms with van der Waals surface area (Å²) in [5.41, 5.74) is 8.90. The number of imide groups is 1. The first-order chi connectivity index (χ1) is 13.3. The van der Waals surface area contributed by atoms with Crippen LogP contribution in [0.3, 0.4) is 0 Å². The van der Waals surface area contributed by atoms with E-state index in [0.29, 0.717) is 18.4 Å². The highest BCUT2D eigenvalue weighted by Gasteiger charge is 2.40. The van der Waals surface area contributed by atoms with E-state index < -0.39 is 27.7 Å². The number of hydrogen-bond acceptors (Lipinski definition) is 6. The second-order valence-electron chi connectivity index (χ2n) is 6.66. The molecule has 1 N–H and O–H groups in total. The van der Waals surface area contributed by atoms with E-state index in [0.717, 1.165) is 0 Å². The largest absolute Gasteiger partial charge is 0.322 e. The molecule has 28 heavy (non-hydrogen) atoms. The number of fused-ring (bicyclic) bond motifs is 1. The van der Waals surface area contributed by atoms with Crippen LogP contribution in [0.15, 0.2) is 28.2 Å². The molecule has 2 heterocycles. The van der Waals surface area contributed by atoms with Crippen LogP contribution >= 0.6 is 0 Å². The van der Waals surface area contributed by atoms with Crippen molar-refractivity contribution in [2.45, 2.75) is 43.2 Å². The van der Waals surface area contributed by atoms with Gasteiger partial charge in [0.25, 0.3) is 5.91 Å². The van der Waals surface area contributed by atoms with Gasteiger partial charge in [-0.2, -0.15) is 0 Å². The van der Waals surface area contributed by atoms with Gasteiger partial charge in [0.15, 0.2) is 9.84 Å². The fourth-order valence-electron chi connectivity index (χ4n) is 3.48. The summed E-state index contributed by atoms with van der Waals surface area (Å²) in [5.74, 6) is -1.46. The Balaban J connectivity index is 1.81. The lowest BCUT2D eigenvalue weighted by Crippen LogP contribution is -2.52. The maximum absolute atomic E-state index is 12.8. The summed E-state index contributed by atoms with van der Waals surface area (Å²) in [5, 5.41) is 5.60. The average molecular weight is 405 g/mol. The molecular weight excluding hydrogens is 386 g/mol. The Hall–Kier alpha value is -2.91. The number of nitrogens with zero attached hydrogens (tertiary/aromatic N) is 4. The molecule has 0 spiro atoms. The second kappa shape index (κ2) is 7.99. The highest BCUT2D eigenvalue weighted by molar-refractivity contribution is 7.91. The van der Waals surface area contributed by atoms with Gasteiger partial charge in [-0.05, 0) is 36.9 Å². The molecule has 0 saturated carbocycles. The number of sulfone groups is 1. The van der Waals surface area contributed by atoms with Crippen LogP contribution < -0.4 is 5.32 Å². The number of azide groups is 1. The van der Waals surface area contributed by atoms with Gasteiger partial charge in [-0.25, -0.2) is 8.42 Å². The van der Waals surface area contributed by atoms with Crippen molar-refractivity contribution in [1.29, 1.82) is 0 Å².